The second-order valence-corrected chi connectivity index (χ2v) is 7.73. The molecule has 0 spiro atoms. The number of fused-ring (bicyclic) bond motifs is 1. The maximum Gasteiger partial charge on any atom is 0.255 e. The predicted molar refractivity (Wildman–Crippen MR) is 126 cm³/mol. The monoisotopic (exact) mass is 451 g/mol. The van der Waals surface area contributed by atoms with Crippen LogP contribution in [0, 0.1) is 0 Å². The van der Waals surface area contributed by atoms with Crippen LogP contribution in [0.2, 0.25) is 0 Å². The molecule has 0 saturated carbocycles. The number of nitrogens with zero attached hydrogens (tertiary/aromatic N) is 2. The fourth-order valence-corrected chi connectivity index (χ4v) is 4.05. The summed E-state index contributed by atoms with van der Waals surface area (Å²) in [6.45, 7) is 7.01. The Bertz CT molecular complexity index is 1180. The fraction of sp³-hybridized carbons (Fsp3) is 0.250. The molecule has 1 amide bonds. The molecule has 166 valence electrons. The van der Waals surface area contributed by atoms with E-state index in [1.165, 1.54) is 0 Å². The van der Waals surface area contributed by atoms with Crippen LogP contribution in [-0.2, 0) is 0 Å². The van der Waals surface area contributed by atoms with Gasteiger partial charge in [-0.15, -0.1) is 11.3 Å². The molecule has 4 rings (SSSR count). The highest BCUT2D eigenvalue weighted by atomic mass is 32.1. The first-order chi connectivity index (χ1) is 15.6. The van der Waals surface area contributed by atoms with Crippen molar-refractivity contribution in [3.63, 3.8) is 0 Å². The molecule has 0 aliphatic heterocycles. The molecule has 0 saturated heterocycles. The quantitative estimate of drug-likeness (QED) is 0.363. The molecule has 8 heteroatoms. The maximum absolute atomic E-state index is 13.1. The Hall–Kier alpha value is -3.52. The minimum absolute atomic E-state index is 0.266. The Balaban J connectivity index is 1.61. The van der Waals surface area contributed by atoms with Crippen molar-refractivity contribution < 1.29 is 19.0 Å². The predicted octanol–water partition coefficient (Wildman–Crippen LogP) is 5.51. The summed E-state index contributed by atoms with van der Waals surface area (Å²) in [5.41, 5.74) is 2.88. The Labute approximate surface area is 190 Å². The van der Waals surface area contributed by atoms with Crippen molar-refractivity contribution in [2.75, 3.05) is 25.1 Å². The van der Waals surface area contributed by atoms with Gasteiger partial charge < -0.3 is 19.5 Å². The third kappa shape index (κ3) is 4.55. The number of ether oxygens (including phenoxy) is 3. The Morgan fingerprint density at radius 2 is 1.75 bits per heavy atom. The van der Waals surface area contributed by atoms with Crippen LogP contribution < -0.4 is 19.5 Å². The molecule has 0 aliphatic rings. The van der Waals surface area contributed by atoms with Crippen LogP contribution in [0.15, 0.2) is 54.2 Å². The lowest BCUT2D eigenvalue weighted by atomic mass is 10.1. The lowest BCUT2D eigenvalue weighted by molar-refractivity contribution is 0.102. The number of thiazole rings is 1. The van der Waals surface area contributed by atoms with E-state index in [-0.39, 0.29) is 5.91 Å². The van der Waals surface area contributed by atoms with Gasteiger partial charge >= 0.3 is 0 Å². The Morgan fingerprint density at radius 1 is 1.03 bits per heavy atom. The van der Waals surface area contributed by atoms with Gasteiger partial charge in [0.1, 0.15) is 0 Å². The molecule has 0 atom stereocenters. The number of nitrogens with one attached hydrogen (secondary N) is 1. The van der Waals surface area contributed by atoms with E-state index < -0.39 is 0 Å². The average Bonchev–Trinajstić information content (AvgIpc) is 3.39. The molecule has 0 fully saturated rings. The third-order valence-corrected chi connectivity index (χ3v) is 5.45. The Morgan fingerprint density at radius 3 is 2.41 bits per heavy atom. The number of imidazole rings is 1. The summed E-state index contributed by atoms with van der Waals surface area (Å²) in [5.74, 6) is 1.21. The number of benzene rings is 2. The zero-order chi connectivity index (χ0) is 22.5. The maximum atomic E-state index is 13.1. The van der Waals surface area contributed by atoms with Crippen LogP contribution in [0.5, 0.6) is 17.2 Å². The van der Waals surface area contributed by atoms with Crippen molar-refractivity contribution in [3.8, 4) is 28.5 Å². The SMILES string of the molecule is CCOc1cc(C(=O)Nc2cccc(-c3cn4ccsc4n3)c2)cc(OCC)c1OCC. The molecule has 32 heavy (non-hydrogen) atoms. The zero-order valence-corrected chi connectivity index (χ0v) is 19.1. The van der Waals surface area contributed by atoms with Crippen molar-refractivity contribution in [1.29, 1.82) is 0 Å². The highest BCUT2D eigenvalue weighted by molar-refractivity contribution is 7.15. The molecule has 0 aliphatic carbocycles. The van der Waals surface area contributed by atoms with Gasteiger partial charge in [0.2, 0.25) is 5.75 Å². The van der Waals surface area contributed by atoms with Gasteiger partial charge in [0.05, 0.1) is 25.5 Å². The largest absolute Gasteiger partial charge is 0.490 e. The molecule has 0 bridgehead atoms. The van der Waals surface area contributed by atoms with Gasteiger partial charge in [-0.1, -0.05) is 12.1 Å². The lowest BCUT2D eigenvalue weighted by Gasteiger charge is -2.17. The van der Waals surface area contributed by atoms with Gasteiger partial charge in [-0.3, -0.25) is 9.20 Å². The number of amides is 1. The molecule has 2 aromatic carbocycles. The van der Waals surface area contributed by atoms with E-state index in [0.717, 1.165) is 16.2 Å². The van der Waals surface area contributed by atoms with E-state index in [4.69, 9.17) is 14.2 Å². The minimum Gasteiger partial charge on any atom is -0.490 e. The fourth-order valence-electron chi connectivity index (χ4n) is 3.35. The van der Waals surface area contributed by atoms with Gasteiger partial charge in [-0.2, -0.15) is 0 Å². The van der Waals surface area contributed by atoms with Gasteiger partial charge in [0.15, 0.2) is 16.5 Å². The van der Waals surface area contributed by atoms with E-state index in [9.17, 15) is 4.79 Å². The van der Waals surface area contributed by atoms with Crippen LogP contribution >= 0.6 is 11.3 Å². The number of hydrogen-bond donors (Lipinski definition) is 1. The number of carbonyl (C=O) groups is 1. The number of anilines is 1. The van der Waals surface area contributed by atoms with E-state index in [1.54, 1.807) is 23.5 Å². The molecule has 4 aromatic rings. The lowest BCUT2D eigenvalue weighted by Crippen LogP contribution is -2.13. The van der Waals surface area contributed by atoms with Crippen molar-refractivity contribution in [1.82, 2.24) is 9.38 Å². The van der Waals surface area contributed by atoms with E-state index in [1.807, 2.05) is 67.2 Å². The molecule has 7 nitrogen and oxygen atoms in total. The van der Waals surface area contributed by atoms with Crippen molar-refractivity contribution in [3.05, 3.63) is 59.7 Å². The molecule has 1 N–H and O–H groups in total. The second-order valence-electron chi connectivity index (χ2n) is 6.85. The third-order valence-electron chi connectivity index (χ3n) is 4.68. The van der Waals surface area contributed by atoms with Gasteiger partial charge in [0, 0.05) is 34.6 Å². The molecular formula is C24H25N3O4S. The highest BCUT2D eigenvalue weighted by Gasteiger charge is 2.18. The second kappa shape index (κ2) is 9.74. The van der Waals surface area contributed by atoms with Crippen LogP contribution in [0.4, 0.5) is 5.69 Å². The van der Waals surface area contributed by atoms with Gasteiger partial charge in [0.25, 0.3) is 5.91 Å². The number of rotatable bonds is 9. The van der Waals surface area contributed by atoms with E-state index in [2.05, 4.69) is 10.3 Å². The summed E-state index contributed by atoms with van der Waals surface area (Å²) in [5, 5.41) is 4.96. The summed E-state index contributed by atoms with van der Waals surface area (Å²) in [7, 11) is 0. The number of hydrogen-bond acceptors (Lipinski definition) is 6. The summed E-state index contributed by atoms with van der Waals surface area (Å²) < 4.78 is 19.1. The summed E-state index contributed by atoms with van der Waals surface area (Å²) in [6, 6.07) is 11.0. The normalized spacial score (nSPS) is 10.8. The van der Waals surface area contributed by atoms with Crippen molar-refractivity contribution >= 4 is 27.9 Å². The van der Waals surface area contributed by atoms with Gasteiger partial charge in [-0.05, 0) is 45.0 Å². The summed E-state index contributed by atoms with van der Waals surface area (Å²) in [4.78, 5) is 18.6. The number of aromatic nitrogens is 2. The average molecular weight is 452 g/mol. The molecular weight excluding hydrogens is 426 g/mol. The molecule has 2 aromatic heterocycles. The summed E-state index contributed by atoms with van der Waals surface area (Å²) in [6.07, 6.45) is 3.95. The Kier molecular flexibility index (Phi) is 6.61. The van der Waals surface area contributed by atoms with Crippen molar-refractivity contribution in [2.24, 2.45) is 0 Å². The molecule has 2 heterocycles. The van der Waals surface area contributed by atoms with Crippen LogP contribution in [0.3, 0.4) is 0 Å². The van der Waals surface area contributed by atoms with E-state index in [0.29, 0.717) is 48.3 Å². The minimum atomic E-state index is -0.266. The standard InChI is InChI=1S/C24H25N3O4S/c1-4-29-20-13-17(14-21(30-5-2)22(20)31-6-3)23(28)25-18-9-7-8-16(12-18)19-15-27-10-11-32-24(27)26-19/h7-15H,4-6H2,1-3H3,(H,25,28). The highest BCUT2D eigenvalue weighted by Crippen LogP contribution is 2.39. The molecule has 0 unspecified atom stereocenters. The van der Waals surface area contributed by atoms with Gasteiger partial charge in [-0.25, -0.2) is 4.98 Å². The first-order valence-corrected chi connectivity index (χ1v) is 11.4. The topological polar surface area (TPSA) is 74.1 Å². The summed E-state index contributed by atoms with van der Waals surface area (Å²) >= 11 is 1.58. The smallest absolute Gasteiger partial charge is 0.255 e. The van der Waals surface area contributed by atoms with Crippen LogP contribution in [-0.4, -0.2) is 35.1 Å². The molecule has 0 radical (unpaired) electrons. The zero-order valence-electron chi connectivity index (χ0n) is 18.3. The van der Waals surface area contributed by atoms with Crippen molar-refractivity contribution in [2.45, 2.75) is 20.8 Å². The van der Waals surface area contributed by atoms with Crippen LogP contribution in [0.25, 0.3) is 16.2 Å². The van der Waals surface area contributed by atoms with E-state index >= 15 is 0 Å². The number of carbonyl (C=O) groups excluding carboxylic acids is 1. The first kappa shape index (κ1) is 21.7. The first-order valence-electron chi connectivity index (χ1n) is 10.5. The van der Waals surface area contributed by atoms with Crippen LogP contribution in [0.1, 0.15) is 31.1 Å².